The highest BCUT2D eigenvalue weighted by molar-refractivity contribution is 5.85. The Hall–Kier alpha value is -0.530. The summed E-state index contributed by atoms with van der Waals surface area (Å²) < 4.78 is 0. The minimum absolute atomic E-state index is 0. The monoisotopic (exact) mass is 199 g/mol. The molecular formula is C11H18ClN. The Labute approximate surface area is 86.7 Å². The lowest BCUT2D eigenvalue weighted by molar-refractivity contribution is 0.514. The molecule has 74 valence electrons. The molecule has 0 aliphatic rings. The van der Waals surface area contributed by atoms with Crippen LogP contribution in [-0.2, 0) is 0 Å². The number of aryl methyl sites for hydroxylation is 1. The average Bonchev–Trinajstić information content (AvgIpc) is 2.03. The minimum atomic E-state index is 0. The van der Waals surface area contributed by atoms with Gasteiger partial charge in [0.2, 0.25) is 0 Å². The standard InChI is InChI=1S/C11H17N.ClH/c1-8(2)11(12)10-6-4-5-9(3)7-10;/h4-8,11H,12H2,1-3H3;1H/t11-;/m0./s1. The lowest BCUT2D eigenvalue weighted by Crippen LogP contribution is -2.16. The van der Waals surface area contributed by atoms with Crippen molar-refractivity contribution in [3.63, 3.8) is 0 Å². The van der Waals surface area contributed by atoms with Crippen LogP contribution in [0.25, 0.3) is 0 Å². The molecule has 13 heavy (non-hydrogen) atoms. The predicted octanol–water partition coefficient (Wildman–Crippen LogP) is 3.07. The highest BCUT2D eigenvalue weighted by Crippen LogP contribution is 2.19. The van der Waals surface area contributed by atoms with E-state index in [9.17, 15) is 0 Å². The maximum absolute atomic E-state index is 6.01. The quantitative estimate of drug-likeness (QED) is 0.779. The molecule has 0 amide bonds. The first-order valence-electron chi connectivity index (χ1n) is 4.43. The van der Waals surface area contributed by atoms with Gasteiger partial charge in [-0.25, -0.2) is 0 Å². The molecule has 1 nitrogen and oxygen atoms in total. The van der Waals surface area contributed by atoms with Crippen molar-refractivity contribution in [2.45, 2.75) is 26.8 Å². The van der Waals surface area contributed by atoms with Crippen LogP contribution in [0.1, 0.15) is 31.0 Å². The molecule has 0 radical (unpaired) electrons. The van der Waals surface area contributed by atoms with Crippen LogP contribution in [0.5, 0.6) is 0 Å². The van der Waals surface area contributed by atoms with Gasteiger partial charge in [0.05, 0.1) is 0 Å². The van der Waals surface area contributed by atoms with Gasteiger partial charge in [-0.3, -0.25) is 0 Å². The van der Waals surface area contributed by atoms with Crippen LogP contribution < -0.4 is 5.73 Å². The number of hydrogen-bond donors (Lipinski definition) is 1. The summed E-state index contributed by atoms with van der Waals surface area (Å²) in [5.74, 6) is 0.506. The third-order valence-electron chi connectivity index (χ3n) is 2.15. The molecular weight excluding hydrogens is 182 g/mol. The maximum atomic E-state index is 6.01. The second-order valence-electron chi connectivity index (χ2n) is 3.68. The predicted molar refractivity (Wildman–Crippen MR) is 60.2 cm³/mol. The Kier molecular flexibility index (Phi) is 5.04. The van der Waals surface area contributed by atoms with Crippen LogP contribution in [0.15, 0.2) is 24.3 Å². The molecule has 0 fully saturated rings. The zero-order valence-corrected chi connectivity index (χ0v) is 9.27. The molecule has 0 aliphatic heterocycles. The van der Waals surface area contributed by atoms with E-state index in [1.807, 2.05) is 0 Å². The van der Waals surface area contributed by atoms with Crippen LogP contribution in [-0.4, -0.2) is 0 Å². The van der Waals surface area contributed by atoms with Gasteiger partial charge >= 0.3 is 0 Å². The van der Waals surface area contributed by atoms with E-state index < -0.39 is 0 Å². The SMILES string of the molecule is Cc1cccc([C@@H](N)C(C)C)c1.Cl. The van der Waals surface area contributed by atoms with Crippen LogP contribution in [0.4, 0.5) is 0 Å². The summed E-state index contributed by atoms with van der Waals surface area (Å²) in [6, 6.07) is 8.58. The number of benzene rings is 1. The summed E-state index contributed by atoms with van der Waals surface area (Å²) in [5, 5.41) is 0. The van der Waals surface area contributed by atoms with Gasteiger partial charge in [-0.2, -0.15) is 0 Å². The van der Waals surface area contributed by atoms with Crippen molar-refractivity contribution >= 4 is 12.4 Å². The summed E-state index contributed by atoms with van der Waals surface area (Å²) in [7, 11) is 0. The van der Waals surface area contributed by atoms with Gasteiger partial charge in [0.15, 0.2) is 0 Å². The zero-order valence-electron chi connectivity index (χ0n) is 8.45. The summed E-state index contributed by atoms with van der Waals surface area (Å²) in [6.07, 6.45) is 0. The van der Waals surface area contributed by atoms with Crippen LogP contribution in [0, 0.1) is 12.8 Å². The Morgan fingerprint density at radius 1 is 1.23 bits per heavy atom. The molecule has 0 bridgehead atoms. The fraction of sp³-hybridized carbons (Fsp3) is 0.455. The summed E-state index contributed by atoms with van der Waals surface area (Å²) in [5.41, 5.74) is 8.53. The zero-order chi connectivity index (χ0) is 9.14. The van der Waals surface area contributed by atoms with E-state index in [0.29, 0.717) is 5.92 Å². The van der Waals surface area contributed by atoms with Crippen molar-refractivity contribution in [1.82, 2.24) is 0 Å². The highest BCUT2D eigenvalue weighted by Gasteiger charge is 2.09. The van der Waals surface area contributed by atoms with E-state index in [0.717, 1.165) is 0 Å². The molecule has 0 saturated carbocycles. The van der Waals surface area contributed by atoms with Crippen LogP contribution in [0.2, 0.25) is 0 Å². The Morgan fingerprint density at radius 3 is 2.31 bits per heavy atom. The molecule has 0 heterocycles. The molecule has 1 rings (SSSR count). The fourth-order valence-corrected chi connectivity index (χ4v) is 1.26. The van der Waals surface area contributed by atoms with Crippen molar-refractivity contribution in [3.05, 3.63) is 35.4 Å². The first-order valence-corrected chi connectivity index (χ1v) is 4.43. The van der Waals surface area contributed by atoms with Gasteiger partial charge in [0, 0.05) is 6.04 Å². The Morgan fingerprint density at radius 2 is 1.85 bits per heavy atom. The average molecular weight is 200 g/mol. The van der Waals surface area contributed by atoms with Crippen molar-refractivity contribution in [1.29, 1.82) is 0 Å². The number of rotatable bonds is 2. The van der Waals surface area contributed by atoms with E-state index in [-0.39, 0.29) is 18.4 Å². The number of halogens is 1. The number of hydrogen-bond acceptors (Lipinski definition) is 1. The summed E-state index contributed by atoms with van der Waals surface area (Å²) >= 11 is 0. The second-order valence-corrected chi connectivity index (χ2v) is 3.68. The molecule has 0 aliphatic carbocycles. The lowest BCUT2D eigenvalue weighted by atomic mass is 9.96. The van der Waals surface area contributed by atoms with E-state index in [1.54, 1.807) is 0 Å². The van der Waals surface area contributed by atoms with Crippen molar-refractivity contribution in [2.24, 2.45) is 11.7 Å². The molecule has 0 saturated heterocycles. The van der Waals surface area contributed by atoms with Crippen molar-refractivity contribution in [3.8, 4) is 0 Å². The molecule has 1 aromatic rings. The van der Waals surface area contributed by atoms with Gasteiger partial charge < -0.3 is 5.73 Å². The Balaban J connectivity index is 0.00000144. The van der Waals surface area contributed by atoms with Crippen molar-refractivity contribution < 1.29 is 0 Å². The summed E-state index contributed by atoms with van der Waals surface area (Å²) in [6.45, 7) is 6.39. The van der Waals surface area contributed by atoms with E-state index in [2.05, 4.69) is 45.0 Å². The molecule has 0 unspecified atom stereocenters. The second kappa shape index (κ2) is 5.25. The topological polar surface area (TPSA) is 26.0 Å². The first kappa shape index (κ1) is 12.5. The first-order chi connectivity index (χ1) is 5.61. The molecule has 0 aromatic heterocycles. The highest BCUT2D eigenvalue weighted by atomic mass is 35.5. The molecule has 2 heteroatoms. The normalized spacial score (nSPS) is 12.4. The van der Waals surface area contributed by atoms with Gasteiger partial charge in [0.1, 0.15) is 0 Å². The van der Waals surface area contributed by atoms with Gasteiger partial charge in [-0.15, -0.1) is 12.4 Å². The molecule has 1 aromatic carbocycles. The maximum Gasteiger partial charge on any atom is 0.0318 e. The van der Waals surface area contributed by atoms with Crippen LogP contribution in [0.3, 0.4) is 0 Å². The fourth-order valence-electron chi connectivity index (χ4n) is 1.26. The third-order valence-corrected chi connectivity index (χ3v) is 2.15. The van der Waals surface area contributed by atoms with Crippen LogP contribution >= 0.6 is 12.4 Å². The Bertz CT molecular complexity index is 258. The van der Waals surface area contributed by atoms with E-state index in [1.165, 1.54) is 11.1 Å². The molecule has 0 spiro atoms. The van der Waals surface area contributed by atoms with E-state index in [4.69, 9.17) is 5.73 Å². The van der Waals surface area contributed by atoms with Gasteiger partial charge in [-0.05, 0) is 18.4 Å². The van der Waals surface area contributed by atoms with Gasteiger partial charge in [-0.1, -0.05) is 43.7 Å². The van der Waals surface area contributed by atoms with Gasteiger partial charge in [0.25, 0.3) is 0 Å². The largest absolute Gasteiger partial charge is 0.324 e. The number of nitrogens with two attached hydrogens (primary N) is 1. The lowest BCUT2D eigenvalue weighted by Gasteiger charge is -2.16. The molecule has 2 N–H and O–H groups in total. The minimum Gasteiger partial charge on any atom is -0.324 e. The smallest absolute Gasteiger partial charge is 0.0318 e. The van der Waals surface area contributed by atoms with Crippen molar-refractivity contribution in [2.75, 3.05) is 0 Å². The van der Waals surface area contributed by atoms with E-state index >= 15 is 0 Å². The third kappa shape index (κ3) is 3.37. The summed E-state index contributed by atoms with van der Waals surface area (Å²) in [4.78, 5) is 0. The molecule has 1 atom stereocenters.